The summed E-state index contributed by atoms with van der Waals surface area (Å²) in [6, 6.07) is 6.55. The molecule has 1 aliphatic carbocycles. The molecule has 1 saturated carbocycles. The molecule has 0 spiro atoms. The molecule has 2 aliphatic heterocycles. The second-order valence-electron chi connectivity index (χ2n) is 10.7. The predicted molar refractivity (Wildman–Crippen MR) is 138 cm³/mol. The first-order valence-corrected chi connectivity index (χ1v) is 13.0. The first-order valence-electron chi connectivity index (χ1n) is 13.7. The van der Waals surface area contributed by atoms with Crippen molar-refractivity contribution in [2.45, 2.75) is 80.3 Å². The summed E-state index contributed by atoms with van der Waals surface area (Å²) < 4.78 is 38.1. The van der Waals surface area contributed by atoms with Crippen LogP contribution in [0.5, 0.6) is 5.75 Å². The minimum atomic E-state index is -2.24. The van der Waals surface area contributed by atoms with E-state index in [1.165, 1.54) is 6.20 Å². The second kappa shape index (κ2) is 8.62. The Hall–Kier alpha value is -2.85. The third-order valence-corrected chi connectivity index (χ3v) is 8.22. The van der Waals surface area contributed by atoms with Crippen LogP contribution >= 0.6 is 11.8 Å². The lowest BCUT2D eigenvalue weighted by Gasteiger charge is -2.48. The molecule has 10 heteroatoms. The second-order valence-corrected chi connectivity index (χ2v) is 11.3. The van der Waals surface area contributed by atoms with E-state index in [0.717, 1.165) is 25.7 Å². The van der Waals surface area contributed by atoms with Crippen molar-refractivity contribution in [2.24, 2.45) is 0 Å². The zero-order valence-electron chi connectivity index (χ0n) is 23.1. The van der Waals surface area contributed by atoms with Crippen molar-refractivity contribution in [2.75, 3.05) is 11.1 Å². The zero-order chi connectivity index (χ0) is 27.6. The molecule has 4 atom stereocenters. The number of hydrogen-bond acceptors (Lipinski definition) is 9. The van der Waals surface area contributed by atoms with Crippen LogP contribution < -0.4 is 10.2 Å². The maximum absolute atomic E-state index is 15.8. The molecule has 4 heterocycles. The number of aromatic nitrogens is 5. The maximum Gasteiger partial charge on any atom is 0.245 e. The molecule has 0 unspecified atom stereocenters. The van der Waals surface area contributed by atoms with Crippen LogP contribution in [0, 0.1) is 0 Å². The van der Waals surface area contributed by atoms with E-state index in [4.69, 9.17) is 4.11 Å². The van der Waals surface area contributed by atoms with E-state index in [1.54, 1.807) is 30.5 Å². The number of aromatic hydroxyl groups is 1. The summed E-state index contributed by atoms with van der Waals surface area (Å²) in [6.07, 6.45) is 4.19. The van der Waals surface area contributed by atoms with E-state index in [1.807, 2.05) is 11.8 Å². The highest BCUT2D eigenvalue weighted by Crippen LogP contribution is 2.47. The van der Waals surface area contributed by atoms with Crippen molar-refractivity contribution < 1.29 is 13.6 Å². The number of rotatable bonds is 6. The van der Waals surface area contributed by atoms with Crippen LogP contribution in [0.15, 0.2) is 41.7 Å². The summed E-state index contributed by atoms with van der Waals surface area (Å²) in [4.78, 5) is 6.63. The van der Waals surface area contributed by atoms with Gasteiger partial charge in [-0.05, 0) is 75.9 Å². The van der Waals surface area contributed by atoms with Gasteiger partial charge in [-0.15, -0.1) is 27.1 Å². The van der Waals surface area contributed by atoms with Crippen molar-refractivity contribution in [1.29, 1.82) is 0 Å². The monoisotopic (exact) mass is 510 g/mol. The SMILES string of the molecule is [2H]C([2H])([2H])Sc1cc(-c2ccc(-c3cnc(N(C4CC4)[C@@H]4C[C@@]5(C)CC[C@](C)(N5)[C@@H]4F)nn3)c(O)c2)cnn1. The van der Waals surface area contributed by atoms with Gasteiger partial charge in [-0.25, -0.2) is 9.37 Å². The fourth-order valence-corrected chi connectivity index (χ4v) is 6.14. The van der Waals surface area contributed by atoms with Crippen molar-refractivity contribution in [3.05, 3.63) is 36.7 Å². The fourth-order valence-electron chi connectivity index (χ4n) is 5.87. The van der Waals surface area contributed by atoms with E-state index in [2.05, 4.69) is 37.6 Å². The van der Waals surface area contributed by atoms with Gasteiger partial charge in [0.15, 0.2) is 0 Å². The number of nitrogens with zero attached hydrogens (tertiary/aromatic N) is 6. The average Bonchev–Trinajstić information content (AvgIpc) is 3.67. The maximum atomic E-state index is 15.8. The highest BCUT2D eigenvalue weighted by molar-refractivity contribution is 7.98. The van der Waals surface area contributed by atoms with Crippen molar-refractivity contribution in [3.63, 3.8) is 0 Å². The lowest BCUT2D eigenvalue weighted by Crippen LogP contribution is -2.66. The lowest BCUT2D eigenvalue weighted by molar-refractivity contribution is 0.0828. The molecule has 36 heavy (non-hydrogen) atoms. The van der Waals surface area contributed by atoms with E-state index in [9.17, 15) is 5.11 Å². The molecule has 3 fully saturated rings. The Bertz CT molecular complexity index is 1390. The van der Waals surface area contributed by atoms with Crippen LogP contribution in [0.3, 0.4) is 0 Å². The molecule has 2 bridgehead atoms. The number of anilines is 1. The third-order valence-electron chi connectivity index (χ3n) is 7.81. The topological polar surface area (TPSA) is 100.0 Å². The van der Waals surface area contributed by atoms with Crippen LogP contribution in [0.1, 0.15) is 50.1 Å². The highest BCUT2D eigenvalue weighted by Gasteiger charge is 2.58. The Morgan fingerprint density at radius 2 is 2.00 bits per heavy atom. The molecular formula is C26H30FN7OS. The summed E-state index contributed by atoms with van der Waals surface area (Å²) in [5.74, 6) is 0.387. The van der Waals surface area contributed by atoms with Gasteiger partial charge in [-0.1, -0.05) is 6.07 Å². The average molecular weight is 511 g/mol. The highest BCUT2D eigenvalue weighted by atomic mass is 32.2. The number of nitrogens with one attached hydrogen (secondary N) is 1. The van der Waals surface area contributed by atoms with E-state index in [-0.39, 0.29) is 28.4 Å². The molecule has 188 valence electrons. The zero-order valence-corrected chi connectivity index (χ0v) is 21.0. The van der Waals surface area contributed by atoms with Gasteiger partial charge in [0, 0.05) is 32.4 Å². The smallest absolute Gasteiger partial charge is 0.245 e. The predicted octanol–water partition coefficient (Wildman–Crippen LogP) is 4.40. The summed E-state index contributed by atoms with van der Waals surface area (Å²) in [5.41, 5.74) is 1.45. The first kappa shape index (κ1) is 20.2. The number of halogens is 1. The number of alkyl halides is 1. The number of phenols is 1. The molecule has 0 amide bonds. The van der Waals surface area contributed by atoms with E-state index in [0.29, 0.717) is 46.5 Å². The molecule has 3 aromatic rings. The quantitative estimate of drug-likeness (QED) is 0.467. The van der Waals surface area contributed by atoms with Gasteiger partial charge in [-0.2, -0.15) is 5.10 Å². The number of benzene rings is 1. The summed E-state index contributed by atoms with van der Waals surface area (Å²) in [5, 5.41) is 31.1. The minimum absolute atomic E-state index is 0.0307. The molecule has 1 aromatic carbocycles. The molecule has 2 saturated heterocycles. The van der Waals surface area contributed by atoms with Crippen LogP contribution in [0.25, 0.3) is 22.4 Å². The van der Waals surface area contributed by atoms with Gasteiger partial charge in [0.05, 0.1) is 18.4 Å². The number of phenolic OH excluding ortho intramolecular Hbond substituents is 1. The minimum Gasteiger partial charge on any atom is -0.507 e. The third kappa shape index (κ3) is 4.10. The normalized spacial score (nSPS) is 30.9. The van der Waals surface area contributed by atoms with Crippen molar-refractivity contribution >= 4 is 17.7 Å². The molecule has 8 nitrogen and oxygen atoms in total. The summed E-state index contributed by atoms with van der Waals surface area (Å²) in [7, 11) is 0. The largest absolute Gasteiger partial charge is 0.507 e. The lowest BCUT2D eigenvalue weighted by atomic mass is 9.82. The Labute approximate surface area is 218 Å². The van der Waals surface area contributed by atoms with Gasteiger partial charge in [0.25, 0.3) is 0 Å². The molecule has 3 aliphatic rings. The number of piperidine rings is 1. The molecule has 2 aromatic heterocycles. The van der Waals surface area contributed by atoms with E-state index >= 15 is 4.39 Å². The Morgan fingerprint density at radius 1 is 1.14 bits per heavy atom. The first-order chi connectivity index (χ1) is 18.4. The van der Waals surface area contributed by atoms with Gasteiger partial charge >= 0.3 is 0 Å². The van der Waals surface area contributed by atoms with Crippen LogP contribution in [-0.2, 0) is 0 Å². The standard InChI is InChI=1S/C26H30FN7OS/c1-25-8-9-26(2,33-25)23(27)20(12-25)34(17-5-6-17)24-28-14-19(30-32-24)18-7-4-15(10-21(18)35)16-11-22(36-3)31-29-13-16/h4,7,10-11,13-14,17,20,23,33,35H,5-6,8-9,12H2,1-3H3/t20-,23-,25-,26+/m1/s1/i3D3. The number of fused-ring (bicyclic) bond motifs is 2. The molecule has 2 N–H and O–H groups in total. The Balaban J connectivity index is 1.24. The van der Waals surface area contributed by atoms with Crippen LogP contribution in [-0.4, -0.2) is 66.0 Å². The van der Waals surface area contributed by atoms with Gasteiger partial charge < -0.3 is 15.3 Å². The van der Waals surface area contributed by atoms with Crippen LogP contribution in [0.2, 0.25) is 0 Å². The summed E-state index contributed by atoms with van der Waals surface area (Å²) in [6.45, 7) is 4.15. The summed E-state index contributed by atoms with van der Waals surface area (Å²) >= 11 is 0.644. The van der Waals surface area contributed by atoms with Crippen LogP contribution in [0.4, 0.5) is 10.3 Å². The molecule has 0 radical (unpaired) electrons. The van der Waals surface area contributed by atoms with Crippen molar-refractivity contribution in [3.8, 4) is 28.1 Å². The number of thioether (sulfide) groups is 1. The van der Waals surface area contributed by atoms with Gasteiger partial charge in [0.2, 0.25) is 5.95 Å². The molecule has 6 rings (SSSR count). The number of hydrogen-bond donors (Lipinski definition) is 2. The fraction of sp³-hybridized carbons (Fsp3) is 0.500. The molecular weight excluding hydrogens is 477 g/mol. The Kier molecular flexibility index (Phi) is 4.85. The van der Waals surface area contributed by atoms with Crippen molar-refractivity contribution in [1.82, 2.24) is 30.7 Å². The van der Waals surface area contributed by atoms with Gasteiger partial charge in [-0.3, -0.25) is 0 Å². The van der Waals surface area contributed by atoms with Gasteiger partial charge in [0.1, 0.15) is 22.6 Å². The Morgan fingerprint density at radius 3 is 2.72 bits per heavy atom. The van der Waals surface area contributed by atoms with E-state index < -0.39 is 17.9 Å².